The van der Waals surface area contributed by atoms with E-state index < -0.39 is 26.8 Å². The van der Waals surface area contributed by atoms with Crippen LogP contribution in [0.15, 0.2) is 54.6 Å². The number of esters is 1. The van der Waals surface area contributed by atoms with Gasteiger partial charge in [0.15, 0.2) is 9.84 Å². The molecule has 0 bridgehead atoms. The van der Waals surface area contributed by atoms with Gasteiger partial charge in [0, 0.05) is 25.2 Å². The molecular weight excluding hydrogens is 384 g/mol. The quantitative estimate of drug-likeness (QED) is 0.412. The van der Waals surface area contributed by atoms with E-state index >= 15 is 0 Å². The van der Waals surface area contributed by atoms with E-state index in [1.165, 1.54) is 18.2 Å². The van der Waals surface area contributed by atoms with E-state index in [1.54, 1.807) is 35.2 Å². The summed E-state index contributed by atoms with van der Waals surface area (Å²) in [5.74, 6) is -0.528. The summed E-state index contributed by atoms with van der Waals surface area (Å²) in [4.78, 5) is 25.0. The maximum absolute atomic E-state index is 12.8. The number of nitrogens with zero attached hydrogens (tertiary/aromatic N) is 2. The molecule has 0 spiro atoms. The van der Waals surface area contributed by atoms with Crippen LogP contribution in [-0.2, 0) is 26.0 Å². The van der Waals surface area contributed by atoms with Crippen LogP contribution in [-0.4, -0.2) is 48.8 Å². The van der Waals surface area contributed by atoms with Crippen molar-refractivity contribution in [2.24, 2.45) is 0 Å². The summed E-state index contributed by atoms with van der Waals surface area (Å²) in [5, 5.41) is 10.9. The van der Waals surface area contributed by atoms with E-state index in [0.29, 0.717) is 11.1 Å². The molecule has 1 unspecified atom stereocenters. The van der Waals surface area contributed by atoms with E-state index in [4.69, 9.17) is 4.74 Å². The first-order chi connectivity index (χ1) is 13.4. The highest BCUT2D eigenvalue weighted by molar-refractivity contribution is 7.91. The van der Waals surface area contributed by atoms with Gasteiger partial charge in [-0.2, -0.15) is 0 Å². The number of non-ortho nitro benzene ring substituents is 1. The summed E-state index contributed by atoms with van der Waals surface area (Å²) in [6, 6.07) is 14.2. The molecule has 0 aliphatic carbocycles. The molecule has 2 aromatic rings. The molecule has 0 radical (unpaired) electrons. The average Bonchev–Trinajstić information content (AvgIpc) is 2.69. The second kappa shape index (κ2) is 8.49. The van der Waals surface area contributed by atoms with Crippen LogP contribution >= 0.6 is 0 Å². The maximum atomic E-state index is 12.8. The van der Waals surface area contributed by atoms with Crippen molar-refractivity contribution >= 4 is 21.5 Å². The SMILES string of the molecule is O=C(OCc1cccc([N+](=O)[O-])c1)C(c1ccccc1)N1CCS(=O)(=O)CC1. The first-order valence-electron chi connectivity index (χ1n) is 8.75. The number of ether oxygens (including phenoxy) is 1. The third-order valence-electron chi connectivity index (χ3n) is 4.59. The predicted octanol–water partition coefficient (Wildman–Crippen LogP) is 2.11. The standard InChI is InChI=1S/C19H20N2O6S/c22-19(27-14-15-5-4-8-17(13-15)21(23)24)18(16-6-2-1-3-7-16)20-9-11-28(25,26)12-10-20/h1-8,13,18H,9-12,14H2. The molecule has 8 nitrogen and oxygen atoms in total. The first-order valence-corrected chi connectivity index (χ1v) is 10.6. The normalized spacial score (nSPS) is 17.6. The summed E-state index contributed by atoms with van der Waals surface area (Å²) in [5.41, 5.74) is 1.15. The van der Waals surface area contributed by atoms with Crippen LogP contribution in [0.25, 0.3) is 0 Å². The molecule has 0 N–H and O–H groups in total. The number of nitro groups is 1. The van der Waals surface area contributed by atoms with E-state index in [2.05, 4.69) is 0 Å². The summed E-state index contributed by atoms with van der Waals surface area (Å²) in [6.07, 6.45) is 0. The Kier molecular flexibility index (Phi) is 6.05. The molecule has 0 amide bonds. The highest BCUT2D eigenvalue weighted by atomic mass is 32.2. The second-order valence-electron chi connectivity index (χ2n) is 6.54. The highest BCUT2D eigenvalue weighted by Crippen LogP contribution is 2.25. The van der Waals surface area contributed by atoms with Gasteiger partial charge in [0.2, 0.25) is 0 Å². The molecule has 1 aliphatic rings. The molecule has 0 aromatic heterocycles. The van der Waals surface area contributed by atoms with Gasteiger partial charge in [0.25, 0.3) is 5.69 Å². The van der Waals surface area contributed by atoms with Crippen LogP contribution in [0.3, 0.4) is 0 Å². The van der Waals surface area contributed by atoms with Gasteiger partial charge in [-0.1, -0.05) is 42.5 Å². The molecule has 28 heavy (non-hydrogen) atoms. The molecule has 1 saturated heterocycles. The molecule has 2 aromatic carbocycles. The zero-order valence-electron chi connectivity index (χ0n) is 15.1. The molecule has 0 saturated carbocycles. The number of benzene rings is 2. The lowest BCUT2D eigenvalue weighted by molar-refractivity contribution is -0.384. The van der Waals surface area contributed by atoms with Gasteiger partial charge in [-0.15, -0.1) is 0 Å². The van der Waals surface area contributed by atoms with Crippen molar-refractivity contribution in [3.05, 3.63) is 75.8 Å². The second-order valence-corrected chi connectivity index (χ2v) is 8.84. The highest BCUT2D eigenvalue weighted by Gasteiger charge is 2.33. The van der Waals surface area contributed by atoms with Gasteiger partial charge in [0.05, 0.1) is 16.4 Å². The van der Waals surface area contributed by atoms with E-state index in [0.717, 1.165) is 0 Å². The number of carbonyl (C=O) groups is 1. The van der Waals surface area contributed by atoms with Crippen molar-refractivity contribution in [3.63, 3.8) is 0 Å². The Morgan fingerprint density at radius 2 is 1.79 bits per heavy atom. The fraction of sp³-hybridized carbons (Fsp3) is 0.316. The Morgan fingerprint density at radius 3 is 2.43 bits per heavy atom. The molecule has 148 valence electrons. The fourth-order valence-electron chi connectivity index (χ4n) is 3.11. The van der Waals surface area contributed by atoms with Crippen LogP contribution in [0.2, 0.25) is 0 Å². The minimum atomic E-state index is -3.08. The van der Waals surface area contributed by atoms with Gasteiger partial charge < -0.3 is 4.74 Å². The van der Waals surface area contributed by atoms with Gasteiger partial charge in [-0.25, -0.2) is 13.2 Å². The van der Waals surface area contributed by atoms with Crippen LogP contribution in [0, 0.1) is 10.1 Å². The summed E-state index contributed by atoms with van der Waals surface area (Å²) in [7, 11) is -3.08. The third-order valence-corrected chi connectivity index (χ3v) is 6.19. The molecule has 9 heteroatoms. The Morgan fingerprint density at radius 1 is 1.11 bits per heavy atom. The van der Waals surface area contributed by atoms with Crippen LogP contribution in [0.5, 0.6) is 0 Å². The lowest BCUT2D eigenvalue weighted by atomic mass is 10.1. The Balaban J connectivity index is 1.76. The van der Waals surface area contributed by atoms with E-state index in [9.17, 15) is 23.3 Å². The van der Waals surface area contributed by atoms with Crippen LogP contribution < -0.4 is 0 Å². The topological polar surface area (TPSA) is 107 Å². The number of hydrogen-bond acceptors (Lipinski definition) is 7. The lowest BCUT2D eigenvalue weighted by Crippen LogP contribution is -2.45. The monoisotopic (exact) mass is 404 g/mol. The zero-order chi connectivity index (χ0) is 20.1. The van der Waals surface area contributed by atoms with Crippen LogP contribution in [0.4, 0.5) is 5.69 Å². The van der Waals surface area contributed by atoms with Crippen molar-refractivity contribution in [1.82, 2.24) is 4.90 Å². The third kappa shape index (κ3) is 4.93. The molecule has 3 rings (SSSR count). The summed E-state index contributed by atoms with van der Waals surface area (Å²) >= 11 is 0. The number of carbonyl (C=O) groups excluding carboxylic acids is 1. The zero-order valence-corrected chi connectivity index (χ0v) is 15.9. The largest absolute Gasteiger partial charge is 0.459 e. The van der Waals surface area contributed by atoms with Gasteiger partial charge in [0.1, 0.15) is 12.6 Å². The van der Waals surface area contributed by atoms with Crippen molar-refractivity contribution in [1.29, 1.82) is 0 Å². The molecule has 1 fully saturated rings. The van der Waals surface area contributed by atoms with Crippen molar-refractivity contribution in [2.45, 2.75) is 12.6 Å². The Labute approximate surface area is 162 Å². The average molecular weight is 404 g/mol. The molecule has 1 heterocycles. The van der Waals surface area contributed by atoms with E-state index in [-0.39, 0.29) is 36.9 Å². The maximum Gasteiger partial charge on any atom is 0.328 e. The molecular formula is C19H20N2O6S. The van der Waals surface area contributed by atoms with Gasteiger partial charge >= 0.3 is 5.97 Å². The first kappa shape index (κ1) is 20.0. The van der Waals surface area contributed by atoms with Gasteiger partial charge in [-0.3, -0.25) is 15.0 Å². The van der Waals surface area contributed by atoms with Crippen molar-refractivity contribution in [2.75, 3.05) is 24.6 Å². The Hall–Kier alpha value is -2.78. The smallest absolute Gasteiger partial charge is 0.328 e. The van der Waals surface area contributed by atoms with Crippen LogP contribution in [0.1, 0.15) is 17.2 Å². The minimum Gasteiger partial charge on any atom is -0.459 e. The minimum absolute atomic E-state index is 0.00546. The lowest BCUT2D eigenvalue weighted by Gasteiger charge is -2.33. The summed E-state index contributed by atoms with van der Waals surface area (Å²) in [6.45, 7) is 0.386. The van der Waals surface area contributed by atoms with Gasteiger partial charge in [-0.05, 0) is 11.1 Å². The Bertz CT molecular complexity index is 947. The molecule has 1 aliphatic heterocycles. The predicted molar refractivity (Wildman–Crippen MR) is 102 cm³/mol. The van der Waals surface area contributed by atoms with E-state index in [1.807, 2.05) is 6.07 Å². The van der Waals surface area contributed by atoms with Crippen molar-refractivity contribution in [3.8, 4) is 0 Å². The number of hydrogen-bond donors (Lipinski definition) is 0. The number of nitro benzene ring substituents is 1. The molecule has 1 atom stereocenters. The number of rotatable bonds is 6. The summed E-state index contributed by atoms with van der Waals surface area (Å²) < 4.78 is 28.9. The number of sulfone groups is 1. The van der Waals surface area contributed by atoms with Crippen molar-refractivity contribution < 1.29 is 22.9 Å². The fourth-order valence-corrected chi connectivity index (χ4v) is 4.34.